The highest BCUT2D eigenvalue weighted by molar-refractivity contribution is 7.88. The minimum atomic E-state index is -4.41. The van der Waals surface area contributed by atoms with E-state index in [1.165, 1.54) is 40.2 Å². The number of benzene rings is 1. The predicted octanol–water partition coefficient (Wildman–Crippen LogP) is 3.96. The molecule has 1 aromatic carbocycles. The molecule has 1 atom stereocenters. The van der Waals surface area contributed by atoms with E-state index in [1.807, 2.05) is 4.57 Å². The third-order valence-electron chi connectivity index (χ3n) is 6.15. The van der Waals surface area contributed by atoms with Crippen molar-refractivity contribution in [2.75, 3.05) is 24.7 Å². The second-order valence-corrected chi connectivity index (χ2v) is 12.0. The molecule has 1 saturated heterocycles. The van der Waals surface area contributed by atoms with Crippen LogP contribution in [0, 0.1) is 0 Å². The fourth-order valence-electron chi connectivity index (χ4n) is 3.96. The minimum absolute atomic E-state index is 0.0836. The number of aromatic nitrogens is 4. The number of halogens is 3. The molecule has 4 heterocycles. The van der Waals surface area contributed by atoms with E-state index in [4.69, 9.17) is 0 Å². The molecule has 0 bridgehead atoms. The third-order valence-corrected chi connectivity index (χ3v) is 8.48. The van der Waals surface area contributed by atoms with Crippen molar-refractivity contribution in [2.24, 2.45) is 0 Å². The van der Waals surface area contributed by atoms with Crippen molar-refractivity contribution >= 4 is 49.1 Å². The maximum Gasteiger partial charge on any atom is 0.416 e. The summed E-state index contributed by atoms with van der Waals surface area (Å²) in [6.45, 7) is 2.45. The Bertz CT molecular complexity index is 1590. The highest BCUT2D eigenvalue weighted by atomic mass is 32.2. The van der Waals surface area contributed by atoms with E-state index in [0.29, 0.717) is 34.9 Å². The molecule has 0 aliphatic carbocycles. The lowest BCUT2D eigenvalue weighted by molar-refractivity contribution is -0.137. The average Bonchev–Trinajstić information content (AvgIpc) is 3.44. The van der Waals surface area contributed by atoms with Gasteiger partial charge >= 0.3 is 6.18 Å². The lowest BCUT2D eigenvalue weighted by Gasteiger charge is -2.38. The third kappa shape index (κ3) is 5.35. The number of hydrogen-bond acceptors (Lipinski definition) is 8. The standard InChI is InChI=1S/C23H22F3N7O3S2/c1-13(20-9-28-22(37-20)31-15-5-3-14(4-6-15)23(24,25)26)30-21(34)17-7-19-18(8-27-17)29-12-33(19)16-10-32(11-16)38(2,35)36/h3-9,12-13,16H,10-11H2,1-2H3,(H,28,31)(H,30,34)/t13-/m1/s1. The van der Waals surface area contributed by atoms with Crippen LogP contribution in [0.25, 0.3) is 11.0 Å². The first-order valence-electron chi connectivity index (χ1n) is 11.4. The number of thiazole rings is 1. The lowest BCUT2D eigenvalue weighted by atomic mass is 10.1. The van der Waals surface area contributed by atoms with Crippen LogP contribution in [0.15, 0.2) is 49.1 Å². The van der Waals surface area contributed by atoms with E-state index >= 15 is 0 Å². The largest absolute Gasteiger partial charge is 0.416 e. The summed E-state index contributed by atoms with van der Waals surface area (Å²) >= 11 is 1.26. The Hall–Kier alpha value is -3.56. The van der Waals surface area contributed by atoms with Crippen molar-refractivity contribution in [2.45, 2.75) is 25.2 Å². The molecule has 38 heavy (non-hydrogen) atoms. The van der Waals surface area contributed by atoms with Gasteiger partial charge in [0, 0.05) is 29.9 Å². The zero-order valence-electron chi connectivity index (χ0n) is 20.1. The molecule has 15 heteroatoms. The van der Waals surface area contributed by atoms with Crippen LogP contribution >= 0.6 is 11.3 Å². The first-order valence-corrected chi connectivity index (χ1v) is 14.0. The zero-order chi connectivity index (χ0) is 27.2. The van der Waals surface area contributed by atoms with Crippen molar-refractivity contribution in [1.82, 2.24) is 29.1 Å². The van der Waals surface area contributed by atoms with E-state index < -0.39 is 33.7 Å². The molecular formula is C23H22F3N7O3S2. The van der Waals surface area contributed by atoms with E-state index in [2.05, 4.69) is 25.6 Å². The second kappa shape index (κ2) is 9.63. The summed E-state index contributed by atoms with van der Waals surface area (Å²) in [5.41, 5.74) is 1.16. The van der Waals surface area contributed by atoms with Gasteiger partial charge in [-0.2, -0.15) is 17.5 Å². The zero-order valence-corrected chi connectivity index (χ0v) is 21.7. The number of carbonyl (C=O) groups excluding carboxylic acids is 1. The quantitative estimate of drug-likeness (QED) is 0.348. The van der Waals surface area contributed by atoms with Gasteiger partial charge in [0.1, 0.15) is 11.2 Å². The molecule has 5 rings (SSSR count). The number of hydrogen-bond donors (Lipinski definition) is 2. The van der Waals surface area contributed by atoms with Crippen LogP contribution in [0.2, 0.25) is 0 Å². The fourth-order valence-corrected chi connectivity index (χ4v) is 5.69. The predicted molar refractivity (Wildman–Crippen MR) is 136 cm³/mol. The number of carbonyl (C=O) groups is 1. The number of fused-ring (bicyclic) bond motifs is 1. The fraction of sp³-hybridized carbons (Fsp3) is 0.304. The first-order chi connectivity index (χ1) is 17.9. The molecule has 4 aromatic rings. The van der Waals surface area contributed by atoms with Gasteiger partial charge in [-0.3, -0.25) is 4.79 Å². The van der Waals surface area contributed by atoms with Crippen molar-refractivity contribution in [3.8, 4) is 0 Å². The van der Waals surface area contributed by atoms with Crippen LogP contribution in [0.1, 0.15) is 39.9 Å². The van der Waals surface area contributed by atoms with Gasteiger partial charge in [-0.25, -0.2) is 23.4 Å². The maximum absolute atomic E-state index is 12.9. The molecule has 10 nitrogen and oxygen atoms in total. The number of nitrogens with one attached hydrogen (secondary N) is 2. The molecule has 2 N–H and O–H groups in total. The van der Waals surface area contributed by atoms with E-state index in [-0.39, 0.29) is 11.7 Å². The number of imidazole rings is 1. The van der Waals surface area contributed by atoms with Gasteiger partial charge in [-0.05, 0) is 37.3 Å². The number of alkyl halides is 3. The Morgan fingerprint density at radius 1 is 1.13 bits per heavy atom. The minimum Gasteiger partial charge on any atom is -0.343 e. The van der Waals surface area contributed by atoms with E-state index in [1.54, 1.807) is 25.5 Å². The highest BCUT2D eigenvalue weighted by Crippen LogP contribution is 2.32. The molecule has 0 saturated carbocycles. The molecule has 0 radical (unpaired) electrons. The Morgan fingerprint density at radius 3 is 2.50 bits per heavy atom. The van der Waals surface area contributed by atoms with Crippen LogP contribution in [0.3, 0.4) is 0 Å². The normalized spacial score (nSPS) is 15.8. The van der Waals surface area contributed by atoms with Gasteiger partial charge in [0.2, 0.25) is 10.0 Å². The number of sulfonamides is 1. The molecular weight excluding hydrogens is 543 g/mol. The number of pyridine rings is 1. The van der Waals surface area contributed by atoms with E-state index in [0.717, 1.165) is 17.0 Å². The molecule has 0 unspecified atom stereocenters. The molecule has 1 amide bonds. The summed E-state index contributed by atoms with van der Waals surface area (Å²) in [6, 6.07) is 5.75. The molecule has 3 aromatic heterocycles. The van der Waals surface area contributed by atoms with Crippen LogP contribution in [0.5, 0.6) is 0 Å². The van der Waals surface area contributed by atoms with Gasteiger partial charge in [0.25, 0.3) is 5.91 Å². The summed E-state index contributed by atoms with van der Waals surface area (Å²) < 4.78 is 64.9. The van der Waals surface area contributed by atoms with Gasteiger partial charge in [0.05, 0.1) is 41.9 Å². The van der Waals surface area contributed by atoms with Gasteiger partial charge < -0.3 is 15.2 Å². The molecule has 1 aliphatic heterocycles. The molecule has 200 valence electrons. The molecule has 0 spiro atoms. The second-order valence-electron chi connectivity index (χ2n) is 8.91. The van der Waals surface area contributed by atoms with Crippen LogP contribution in [-0.2, 0) is 16.2 Å². The summed E-state index contributed by atoms with van der Waals surface area (Å²) in [6.07, 6.45) is 1.45. The Labute approximate surface area is 219 Å². The smallest absolute Gasteiger partial charge is 0.343 e. The number of anilines is 2. The number of rotatable bonds is 7. The van der Waals surface area contributed by atoms with Crippen molar-refractivity contribution < 1.29 is 26.4 Å². The van der Waals surface area contributed by atoms with Crippen molar-refractivity contribution in [3.63, 3.8) is 0 Å². The highest BCUT2D eigenvalue weighted by Gasteiger charge is 2.35. The number of amides is 1. The Balaban J connectivity index is 1.24. The summed E-state index contributed by atoms with van der Waals surface area (Å²) in [5.74, 6) is -0.413. The average molecular weight is 566 g/mol. The van der Waals surface area contributed by atoms with Crippen molar-refractivity contribution in [1.29, 1.82) is 0 Å². The van der Waals surface area contributed by atoms with Crippen LogP contribution in [-0.4, -0.2) is 57.5 Å². The maximum atomic E-state index is 12.9. The molecule has 1 fully saturated rings. The Morgan fingerprint density at radius 2 is 1.84 bits per heavy atom. The monoisotopic (exact) mass is 565 g/mol. The van der Waals surface area contributed by atoms with Gasteiger partial charge in [-0.15, -0.1) is 0 Å². The SMILES string of the molecule is C[C@@H](NC(=O)c1cc2c(cn1)ncn2C1CN(S(C)(=O)=O)C1)c1cnc(Nc2ccc(C(F)(F)F)cc2)s1. The van der Waals surface area contributed by atoms with Gasteiger partial charge in [0.15, 0.2) is 5.13 Å². The number of nitrogens with zero attached hydrogens (tertiary/aromatic N) is 5. The topological polar surface area (TPSA) is 122 Å². The van der Waals surface area contributed by atoms with Crippen molar-refractivity contribution in [3.05, 3.63) is 65.2 Å². The van der Waals surface area contributed by atoms with Crippen LogP contribution < -0.4 is 10.6 Å². The molecule has 1 aliphatic rings. The van der Waals surface area contributed by atoms with Crippen LogP contribution in [0.4, 0.5) is 24.0 Å². The summed E-state index contributed by atoms with van der Waals surface area (Å²) in [5, 5.41) is 6.30. The summed E-state index contributed by atoms with van der Waals surface area (Å²) in [4.78, 5) is 26.4. The lowest BCUT2D eigenvalue weighted by Crippen LogP contribution is -2.50. The van der Waals surface area contributed by atoms with Gasteiger partial charge in [-0.1, -0.05) is 11.3 Å². The Kier molecular flexibility index (Phi) is 6.61. The summed E-state index contributed by atoms with van der Waals surface area (Å²) in [7, 11) is -3.25. The van der Waals surface area contributed by atoms with E-state index in [9.17, 15) is 26.4 Å². The first kappa shape index (κ1) is 26.1.